The number of carbonyl (C=O) groups excluding carboxylic acids is 2. The van der Waals surface area contributed by atoms with Crippen molar-refractivity contribution >= 4 is 62.7 Å². The van der Waals surface area contributed by atoms with Crippen LogP contribution in [0.4, 0.5) is 5.13 Å². The molecule has 34 heavy (non-hydrogen) atoms. The summed E-state index contributed by atoms with van der Waals surface area (Å²) in [5.41, 5.74) is 3.26. The van der Waals surface area contributed by atoms with Gasteiger partial charge in [0.05, 0.1) is 11.5 Å². The smallest absolute Gasteiger partial charge is 0.266 e. The Labute approximate surface area is 212 Å². The summed E-state index contributed by atoms with van der Waals surface area (Å²) in [4.78, 5) is 32.6. The van der Waals surface area contributed by atoms with E-state index in [4.69, 9.17) is 17.0 Å². The van der Waals surface area contributed by atoms with Gasteiger partial charge in [0.25, 0.3) is 5.91 Å². The summed E-state index contributed by atoms with van der Waals surface area (Å²) in [6.45, 7) is 4.42. The molecule has 0 atom stereocenters. The van der Waals surface area contributed by atoms with Gasteiger partial charge in [0.15, 0.2) is 5.13 Å². The second kappa shape index (κ2) is 10.9. The number of hydrogen-bond acceptors (Lipinski definition) is 7. The van der Waals surface area contributed by atoms with Gasteiger partial charge in [-0.05, 0) is 43.2 Å². The number of carbonyl (C=O) groups is 2. The third-order valence-corrected chi connectivity index (χ3v) is 7.22. The lowest BCUT2D eigenvalue weighted by Gasteiger charge is -2.13. The third-order valence-electron chi connectivity index (χ3n) is 4.92. The molecule has 4 rings (SSSR count). The first-order chi connectivity index (χ1) is 16.4. The molecule has 2 heterocycles. The van der Waals surface area contributed by atoms with E-state index in [-0.39, 0.29) is 18.4 Å². The van der Waals surface area contributed by atoms with Gasteiger partial charge in [0.2, 0.25) is 5.91 Å². The molecule has 174 valence electrons. The Bertz CT molecular complexity index is 1250. The number of nitrogens with zero attached hydrogens (tertiary/aromatic N) is 2. The molecule has 0 bridgehead atoms. The second-order valence-electron chi connectivity index (χ2n) is 7.62. The Morgan fingerprint density at radius 3 is 2.76 bits per heavy atom. The van der Waals surface area contributed by atoms with Crippen LogP contribution < -0.4 is 10.1 Å². The van der Waals surface area contributed by atoms with Crippen LogP contribution >= 0.6 is 35.3 Å². The van der Waals surface area contributed by atoms with Crippen LogP contribution in [0.1, 0.15) is 28.5 Å². The molecule has 3 aromatic rings. The molecule has 0 unspecified atom stereocenters. The van der Waals surface area contributed by atoms with Gasteiger partial charge >= 0.3 is 0 Å². The molecule has 1 saturated heterocycles. The quantitative estimate of drug-likeness (QED) is 0.329. The van der Waals surface area contributed by atoms with Crippen molar-refractivity contribution in [2.75, 3.05) is 18.5 Å². The lowest BCUT2D eigenvalue weighted by molar-refractivity contribution is -0.126. The minimum absolute atomic E-state index is 0.155. The van der Waals surface area contributed by atoms with E-state index in [0.29, 0.717) is 21.0 Å². The molecule has 0 radical (unpaired) electrons. The predicted molar refractivity (Wildman–Crippen MR) is 142 cm³/mol. The lowest BCUT2D eigenvalue weighted by atomic mass is 10.1. The fourth-order valence-corrected chi connectivity index (χ4v) is 5.51. The van der Waals surface area contributed by atoms with E-state index >= 15 is 0 Å². The van der Waals surface area contributed by atoms with Gasteiger partial charge in [-0.1, -0.05) is 65.9 Å². The zero-order valence-electron chi connectivity index (χ0n) is 18.7. The number of aryl methyl sites for hydroxylation is 1. The van der Waals surface area contributed by atoms with Gasteiger partial charge < -0.3 is 10.1 Å². The van der Waals surface area contributed by atoms with Crippen molar-refractivity contribution in [3.8, 4) is 5.75 Å². The van der Waals surface area contributed by atoms with E-state index in [1.807, 2.05) is 37.3 Å². The number of nitrogens with one attached hydrogen (secondary N) is 1. The molecule has 1 aromatic heterocycles. The van der Waals surface area contributed by atoms with Gasteiger partial charge in [-0.25, -0.2) is 4.98 Å². The predicted octanol–water partition coefficient (Wildman–Crippen LogP) is 5.28. The molecule has 0 saturated carbocycles. The number of ether oxygens (including phenoxy) is 1. The van der Waals surface area contributed by atoms with E-state index in [1.165, 1.54) is 39.1 Å². The number of thiocarbonyl (C=S) groups is 1. The second-order valence-corrected chi connectivity index (χ2v) is 10.4. The molecular formula is C25H23N3O3S3. The highest BCUT2D eigenvalue weighted by Gasteiger charge is 2.33. The van der Waals surface area contributed by atoms with Crippen molar-refractivity contribution in [2.24, 2.45) is 0 Å². The molecule has 1 fully saturated rings. The first-order valence-electron chi connectivity index (χ1n) is 10.7. The molecule has 0 aliphatic carbocycles. The van der Waals surface area contributed by atoms with Crippen molar-refractivity contribution in [3.05, 3.63) is 81.2 Å². The maximum atomic E-state index is 12.8. The normalized spacial score (nSPS) is 14.6. The molecule has 1 aliphatic heterocycles. The van der Waals surface area contributed by atoms with Crippen LogP contribution in [0.15, 0.2) is 59.6 Å². The average molecular weight is 510 g/mol. The monoisotopic (exact) mass is 509 g/mol. The zero-order valence-corrected chi connectivity index (χ0v) is 21.2. The molecule has 9 heteroatoms. The molecule has 1 aliphatic rings. The van der Waals surface area contributed by atoms with Crippen LogP contribution in [0.5, 0.6) is 5.75 Å². The van der Waals surface area contributed by atoms with E-state index in [0.717, 1.165) is 22.6 Å². The molecule has 2 aromatic carbocycles. The maximum Gasteiger partial charge on any atom is 0.266 e. The van der Waals surface area contributed by atoms with Gasteiger partial charge in [0.1, 0.15) is 16.6 Å². The van der Waals surface area contributed by atoms with Crippen LogP contribution in [0.2, 0.25) is 0 Å². The highest BCUT2D eigenvalue weighted by molar-refractivity contribution is 8.26. The number of thioether (sulfide) groups is 1. The van der Waals surface area contributed by atoms with Gasteiger partial charge in [-0.3, -0.25) is 14.5 Å². The van der Waals surface area contributed by atoms with Crippen LogP contribution in [0.25, 0.3) is 6.08 Å². The topological polar surface area (TPSA) is 71.5 Å². The summed E-state index contributed by atoms with van der Waals surface area (Å²) in [5.74, 6) is 0.154. The largest absolute Gasteiger partial charge is 0.494 e. The fourth-order valence-electron chi connectivity index (χ4n) is 3.39. The van der Waals surface area contributed by atoms with Crippen LogP contribution in [0, 0.1) is 6.92 Å². The number of benzene rings is 2. The molecular weight excluding hydrogens is 486 g/mol. The van der Waals surface area contributed by atoms with Crippen LogP contribution in [-0.4, -0.2) is 39.2 Å². The summed E-state index contributed by atoms with van der Waals surface area (Å²) in [6, 6.07) is 15.7. The number of rotatable bonds is 8. The summed E-state index contributed by atoms with van der Waals surface area (Å²) in [5, 5.41) is 3.29. The number of hydrogen-bond donors (Lipinski definition) is 1. The Hall–Kier alpha value is -3.01. The lowest BCUT2D eigenvalue weighted by Crippen LogP contribution is -2.36. The van der Waals surface area contributed by atoms with Crippen LogP contribution in [-0.2, 0) is 16.0 Å². The molecule has 0 spiro atoms. The SMILES string of the molecule is CCOc1ccc(/C=C2\SC(=S)N(CC(=O)Nc3ncc(Cc4cccc(C)c4)s3)C2=O)cc1. The summed E-state index contributed by atoms with van der Waals surface area (Å²) >= 11 is 7.96. The number of aromatic nitrogens is 1. The summed E-state index contributed by atoms with van der Waals surface area (Å²) in [6.07, 6.45) is 4.29. The zero-order chi connectivity index (χ0) is 24.1. The summed E-state index contributed by atoms with van der Waals surface area (Å²) in [7, 11) is 0. The Kier molecular flexibility index (Phi) is 7.77. The van der Waals surface area contributed by atoms with Gasteiger partial charge in [0, 0.05) is 17.5 Å². The molecule has 1 N–H and O–H groups in total. The first kappa shape index (κ1) is 24.1. The van der Waals surface area contributed by atoms with E-state index < -0.39 is 0 Å². The third kappa shape index (κ3) is 6.11. The van der Waals surface area contributed by atoms with E-state index in [2.05, 4.69) is 35.4 Å². The van der Waals surface area contributed by atoms with E-state index in [9.17, 15) is 9.59 Å². The Balaban J connectivity index is 1.35. The van der Waals surface area contributed by atoms with Crippen molar-refractivity contribution < 1.29 is 14.3 Å². The fraction of sp³-hybridized carbons (Fsp3) is 0.200. The molecule has 6 nitrogen and oxygen atoms in total. The Morgan fingerprint density at radius 2 is 2.03 bits per heavy atom. The number of anilines is 1. The van der Waals surface area contributed by atoms with Crippen molar-refractivity contribution in [2.45, 2.75) is 20.3 Å². The highest BCUT2D eigenvalue weighted by Crippen LogP contribution is 2.33. The maximum absolute atomic E-state index is 12.8. The number of thiazole rings is 1. The Morgan fingerprint density at radius 1 is 1.24 bits per heavy atom. The van der Waals surface area contributed by atoms with Crippen molar-refractivity contribution in [1.82, 2.24) is 9.88 Å². The minimum atomic E-state index is -0.338. The van der Waals surface area contributed by atoms with Gasteiger partial charge in [-0.2, -0.15) is 0 Å². The number of amides is 2. The average Bonchev–Trinajstić information content (AvgIpc) is 3.34. The van der Waals surface area contributed by atoms with Crippen molar-refractivity contribution in [3.63, 3.8) is 0 Å². The highest BCUT2D eigenvalue weighted by atomic mass is 32.2. The van der Waals surface area contributed by atoms with Crippen LogP contribution in [0.3, 0.4) is 0 Å². The van der Waals surface area contributed by atoms with Gasteiger partial charge in [-0.15, -0.1) is 11.3 Å². The first-order valence-corrected chi connectivity index (χ1v) is 12.7. The molecule has 2 amide bonds. The minimum Gasteiger partial charge on any atom is -0.494 e. The standard InChI is InChI=1S/C25H23N3O3S3/c1-3-31-19-9-7-17(8-10-19)13-21-23(30)28(25(32)34-21)15-22(29)27-24-26-14-20(33-24)12-18-6-4-5-16(2)11-18/h4-11,13-14H,3,12,15H2,1-2H3,(H,26,27,29)/b21-13-. The van der Waals surface area contributed by atoms with E-state index in [1.54, 1.807) is 12.3 Å². The van der Waals surface area contributed by atoms with Crippen molar-refractivity contribution in [1.29, 1.82) is 0 Å². The summed E-state index contributed by atoms with van der Waals surface area (Å²) < 4.78 is 5.80.